The van der Waals surface area contributed by atoms with E-state index in [9.17, 15) is 13.2 Å². The van der Waals surface area contributed by atoms with Gasteiger partial charge >= 0.3 is 0 Å². The molecule has 1 aliphatic carbocycles. The summed E-state index contributed by atoms with van der Waals surface area (Å²) in [6.45, 7) is 6.32. The van der Waals surface area contributed by atoms with Crippen molar-refractivity contribution in [2.75, 3.05) is 22.4 Å². The van der Waals surface area contributed by atoms with Gasteiger partial charge in [-0.1, -0.05) is 56.3 Å². The van der Waals surface area contributed by atoms with Crippen molar-refractivity contribution in [2.24, 2.45) is 0 Å². The molecule has 0 spiro atoms. The number of amides is 1. The number of nitrogens with zero attached hydrogens (tertiary/aromatic N) is 1. The highest BCUT2D eigenvalue weighted by Gasteiger charge is 2.23. The zero-order valence-electron chi connectivity index (χ0n) is 19.8. The van der Waals surface area contributed by atoms with Crippen molar-refractivity contribution in [3.8, 4) is 0 Å². The molecule has 0 unspecified atom stereocenters. The summed E-state index contributed by atoms with van der Waals surface area (Å²) in [7, 11) is -3.48. The molecule has 0 saturated heterocycles. The second-order valence-electron chi connectivity index (χ2n) is 9.27. The van der Waals surface area contributed by atoms with Gasteiger partial charge in [0.05, 0.1) is 11.9 Å². The van der Waals surface area contributed by atoms with Gasteiger partial charge in [0.2, 0.25) is 15.9 Å². The zero-order valence-corrected chi connectivity index (χ0v) is 20.6. The lowest BCUT2D eigenvalue weighted by atomic mass is 9.98. The third kappa shape index (κ3) is 4.76. The summed E-state index contributed by atoms with van der Waals surface area (Å²) in [5.74, 6) is 0.0900. The number of anilines is 2. The first-order chi connectivity index (χ1) is 15.7. The molecule has 0 atom stereocenters. The van der Waals surface area contributed by atoms with Crippen molar-refractivity contribution in [3.63, 3.8) is 0 Å². The van der Waals surface area contributed by atoms with Gasteiger partial charge in [0.25, 0.3) is 0 Å². The average molecular weight is 465 g/mol. The van der Waals surface area contributed by atoms with E-state index in [1.54, 1.807) is 0 Å². The highest BCUT2D eigenvalue weighted by atomic mass is 32.2. The van der Waals surface area contributed by atoms with E-state index in [1.807, 2.05) is 37.3 Å². The summed E-state index contributed by atoms with van der Waals surface area (Å²) in [5, 5.41) is 5.40. The normalized spacial score (nSPS) is 13.0. The largest absolute Gasteiger partial charge is 0.326 e. The van der Waals surface area contributed by atoms with Crippen LogP contribution in [0.5, 0.6) is 0 Å². The molecule has 0 radical (unpaired) electrons. The van der Waals surface area contributed by atoms with Crippen molar-refractivity contribution in [1.29, 1.82) is 0 Å². The minimum absolute atomic E-state index is 0.101. The molecule has 4 rings (SSSR count). The van der Waals surface area contributed by atoms with E-state index in [2.05, 4.69) is 37.4 Å². The van der Waals surface area contributed by atoms with Crippen LogP contribution in [-0.2, 0) is 27.7 Å². The molecular weight excluding hydrogens is 432 g/mol. The maximum Gasteiger partial charge on any atom is 0.232 e. The summed E-state index contributed by atoms with van der Waals surface area (Å²) in [6.07, 6.45) is 4.01. The van der Waals surface area contributed by atoms with Gasteiger partial charge in [-0.15, -0.1) is 0 Å². The molecule has 3 aromatic rings. The second-order valence-corrected chi connectivity index (χ2v) is 11.2. The van der Waals surface area contributed by atoms with Crippen molar-refractivity contribution in [3.05, 3.63) is 70.8 Å². The van der Waals surface area contributed by atoms with Gasteiger partial charge in [-0.2, -0.15) is 0 Å². The molecular formula is C27H32N2O3S. The molecule has 0 aliphatic heterocycles. The molecule has 5 nitrogen and oxygen atoms in total. The molecule has 0 heterocycles. The number of carbonyl (C=O) groups excluding carboxylic acids is 1. The predicted octanol–water partition coefficient (Wildman–Crippen LogP) is 5.56. The minimum Gasteiger partial charge on any atom is -0.326 e. The summed E-state index contributed by atoms with van der Waals surface area (Å²) in [6, 6.07) is 16.2. The molecule has 0 bridgehead atoms. The van der Waals surface area contributed by atoms with Crippen molar-refractivity contribution >= 4 is 38.1 Å². The molecule has 174 valence electrons. The van der Waals surface area contributed by atoms with E-state index < -0.39 is 10.0 Å². The monoisotopic (exact) mass is 464 g/mol. The Kier molecular flexibility index (Phi) is 6.48. The third-order valence-corrected chi connectivity index (χ3v) is 7.62. The van der Waals surface area contributed by atoms with E-state index in [4.69, 9.17) is 0 Å². The number of sulfonamides is 1. The molecule has 33 heavy (non-hydrogen) atoms. The van der Waals surface area contributed by atoms with E-state index in [-0.39, 0.29) is 24.8 Å². The van der Waals surface area contributed by atoms with Gasteiger partial charge in [0.15, 0.2) is 0 Å². The Balaban J connectivity index is 1.49. The van der Waals surface area contributed by atoms with Crippen LogP contribution in [0, 0.1) is 6.92 Å². The van der Waals surface area contributed by atoms with Crippen LogP contribution in [-0.4, -0.2) is 27.1 Å². The molecule has 0 fully saturated rings. The van der Waals surface area contributed by atoms with E-state index in [1.165, 1.54) is 27.1 Å². The molecule has 3 aromatic carbocycles. The topological polar surface area (TPSA) is 66.5 Å². The lowest BCUT2D eigenvalue weighted by Gasteiger charge is -2.28. The minimum atomic E-state index is -3.48. The van der Waals surface area contributed by atoms with Gasteiger partial charge < -0.3 is 5.32 Å². The Hall–Kier alpha value is -2.86. The standard InChI is InChI=1S/C27H32N2O3S/c1-18(2)22-10-5-8-19(3)27(22)29(33(4,31)32)17-7-12-25(30)28-24-16-15-21-14-13-20-9-6-11-23(24)26(20)21/h5-6,8-11,15-16,18H,7,12-14,17H2,1-4H3,(H,28,30). The second kappa shape index (κ2) is 9.18. The van der Waals surface area contributed by atoms with E-state index in [0.29, 0.717) is 6.42 Å². The molecule has 6 heteroatoms. The maximum atomic E-state index is 12.8. The van der Waals surface area contributed by atoms with Crippen LogP contribution in [0.4, 0.5) is 11.4 Å². The van der Waals surface area contributed by atoms with Gasteiger partial charge in [-0.3, -0.25) is 9.10 Å². The fourth-order valence-electron chi connectivity index (χ4n) is 4.88. The van der Waals surface area contributed by atoms with Crippen LogP contribution < -0.4 is 9.62 Å². The number of hydrogen-bond donors (Lipinski definition) is 1. The molecule has 1 N–H and O–H groups in total. The Morgan fingerprint density at radius 3 is 2.42 bits per heavy atom. The fourth-order valence-corrected chi connectivity index (χ4v) is 5.93. The lowest BCUT2D eigenvalue weighted by molar-refractivity contribution is -0.116. The van der Waals surface area contributed by atoms with Crippen LogP contribution in [0.15, 0.2) is 48.5 Å². The number of rotatable bonds is 8. The number of carbonyl (C=O) groups is 1. The van der Waals surface area contributed by atoms with Crippen molar-refractivity contribution < 1.29 is 13.2 Å². The molecule has 1 amide bonds. The van der Waals surface area contributed by atoms with E-state index >= 15 is 0 Å². The van der Waals surface area contributed by atoms with Crippen molar-refractivity contribution in [1.82, 2.24) is 0 Å². The SMILES string of the molecule is Cc1cccc(C(C)C)c1N(CCCC(=O)Nc1ccc2c3c(cccc13)CC2)S(C)(=O)=O. The van der Waals surface area contributed by atoms with Crippen molar-refractivity contribution in [2.45, 2.75) is 52.4 Å². The number of benzene rings is 3. The van der Waals surface area contributed by atoms with Crippen LogP contribution in [0.1, 0.15) is 54.9 Å². The first-order valence-corrected chi connectivity index (χ1v) is 13.4. The summed E-state index contributed by atoms with van der Waals surface area (Å²) < 4.78 is 26.8. The molecule has 0 saturated carbocycles. The van der Waals surface area contributed by atoms with Crippen LogP contribution in [0.25, 0.3) is 10.8 Å². The highest BCUT2D eigenvalue weighted by molar-refractivity contribution is 7.92. The Morgan fingerprint density at radius 1 is 1.03 bits per heavy atom. The average Bonchev–Trinajstić information content (AvgIpc) is 3.17. The quantitative estimate of drug-likeness (QED) is 0.475. The van der Waals surface area contributed by atoms with Gasteiger partial charge in [-0.25, -0.2) is 8.42 Å². The Bertz CT molecular complexity index is 1300. The highest BCUT2D eigenvalue weighted by Crippen LogP contribution is 2.35. The third-order valence-electron chi connectivity index (χ3n) is 6.46. The van der Waals surface area contributed by atoms with Gasteiger partial charge in [0.1, 0.15) is 0 Å². The lowest BCUT2D eigenvalue weighted by Crippen LogP contribution is -2.33. The van der Waals surface area contributed by atoms with E-state index in [0.717, 1.165) is 40.7 Å². The number of para-hydroxylation sites is 1. The Labute approximate surface area is 196 Å². The number of hydrogen-bond acceptors (Lipinski definition) is 3. The first-order valence-electron chi connectivity index (χ1n) is 11.6. The van der Waals surface area contributed by atoms with Crippen LogP contribution in [0.3, 0.4) is 0 Å². The maximum absolute atomic E-state index is 12.8. The number of aryl methyl sites for hydroxylation is 3. The Morgan fingerprint density at radius 2 is 1.73 bits per heavy atom. The summed E-state index contributed by atoms with van der Waals surface area (Å²) in [4.78, 5) is 12.8. The summed E-state index contributed by atoms with van der Waals surface area (Å²) >= 11 is 0. The van der Waals surface area contributed by atoms with Gasteiger partial charge in [0, 0.05) is 24.0 Å². The smallest absolute Gasteiger partial charge is 0.232 e. The molecule has 1 aliphatic rings. The summed E-state index contributed by atoms with van der Waals surface area (Å²) in [5.41, 5.74) is 6.15. The van der Waals surface area contributed by atoms with Crippen LogP contribution >= 0.6 is 0 Å². The van der Waals surface area contributed by atoms with Gasteiger partial charge in [-0.05, 0) is 65.8 Å². The fraction of sp³-hybridized carbons (Fsp3) is 0.370. The zero-order chi connectivity index (χ0) is 23.8. The first kappa shape index (κ1) is 23.3. The van der Waals surface area contributed by atoms with Crippen LogP contribution in [0.2, 0.25) is 0 Å². The molecule has 0 aromatic heterocycles. The number of nitrogens with one attached hydrogen (secondary N) is 1. The predicted molar refractivity (Wildman–Crippen MR) is 137 cm³/mol.